The van der Waals surface area contributed by atoms with Crippen molar-refractivity contribution in [3.05, 3.63) is 17.5 Å². The Kier molecular flexibility index (Phi) is 6.89. The summed E-state index contributed by atoms with van der Waals surface area (Å²) in [6, 6.07) is 0. The van der Waals surface area contributed by atoms with Crippen LogP contribution in [-0.2, 0) is 14.9 Å². The molecule has 0 saturated carbocycles. The SMILES string of the molecule is C=O.COCCNC(=O)c1cn[nH]c1C(C)(C)C. The predicted octanol–water partition coefficient (Wildman–Crippen LogP) is 0.899. The lowest BCUT2D eigenvalue weighted by atomic mass is 9.89. The third-order valence-corrected chi connectivity index (χ3v) is 2.23. The number of nitrogens with one attached hydrogen (secondary N) is 2. The Morgan fingerprint density at radius 3 is 2.61 bits per heavy atom. The second-order valence-electron chi connectivity index (χ2n) is 4.66. The van der Waals surface area contributed by atoms with Crippen LogP contribution in [0.1, 0.15) is 36.8 Å². The quantitative estimate of drug-likeness (QED) is 0.783. The molecule has 0 fully saturated rings. The lowest BCUT2D eigenvalue weighted by Gasteiger charge is -2.17. The molecule has 0 unspecified atom stereocenters. The Balaban J connectivity index is 0.00000137. The van der Waals surface area contributed by atoms with Crippen LogP contribution < -0.4 is 5.32 Å². The molecule has 0 bridgehead atoms. The third kappa shape index (κ3) is 4.67. The molecule has 1 aromatic rings. The van der Waals surface area contributed by atoms with E-state index in [4.69, 9.17) is 9.53 Å². The smallest absolute Gasteiger partial charge is 0.254 e. The number of amides is 1. The minimum absolute atomic E-state index is 0.115. The fraction of sp³-hybridized carbons (Fsp3) is 0.583. The third-order valence-electron chi connectivity index (χ3n) is 2.23. The summed E-state index contributed by atoms with van der Waals surface area (Å²) in [7, 11) is 1.60. The molecule has 2 N–H and O–H groups in total. The van der Waals surface area contributed by atoms with Gasteiger partial charge < -0.3 is 14.8 Å². The number of hydrogen-bond donors (Lipinski definition) is 2. The van der Waals surface area contributed by atoms with Crippen LogP contribution in [0.4, 0.5) is 0 Å². The molecule has 0 radical (unpaired) electrons. The molecule has 0 spiro atoms. The van der Waals surface area contributed by atoms with Crippen LogP contribution in [0.25, 0.3) is 0 Å². The van der Waals surface area contributed by atoms with Crippen molar-refractivity contribution >= 4 is 12.7 Å². The van der Waals surface area contributed by atoms with E-state index in [1.54, 1.807) is 13.3 Å². The molecule has 1 amide bonds. The summed E-state index contributed by atoms with van der Waals surface area (Å²) in [6.45, 7) is 9.11. The maximum absolute atomic E-state index is 11.8. The molecular weight excluding hydrogens is 234 g/mol. The minimum atomic E-state index is -0.121. The molecule has 0 atom stereocenters. The van der Waals surface area contributed by atoms with E-state index in [0.29, 0.717) is 18.7 Å². The second-order valence-corrected chi connectivity index (χ2v) is 4.66. The molecule has 1 aromatic heterocycles. The van der Waals surface area contributed by atoms with Crippen LogP contribution in [-0.4, -0.2) is 43.2 Å². The fourth-order valence-electron chi connectivity index (χ4n) is 1.39. The van der Waals surface area contributed by atoms with Crippen LogP contribution in [0.5, 0.6) is 0 Å². The Labute approximate surface area is 107 Å². The van der Waals surface area contributed by atoms with Gasteiger partial charge in [-0.3, -0.25) is 9.89 Å². The molecule has 6 heteroatoms. The van der Waals surface area contributed by atoms with E-state index in [0.717, 1.165) is 5.69 Å². The Morgan fingerprint density at radius 1 is 1.50 bits per heavy atom. The zero-order valence-electron chi connectivity index (χ0n) is 11.4. The van der Waals surface area contributed by atoms with Crippen molar-refractivity contribution in [2.75, 3.05) is 20.3 Å². The summed E-state index contributed by atoms with van der Waals surface area (Å²) in [4.78, 5) is 19.8. The first kappa shape index (κ1) is 16.3. The van der Waals surface area contributed by atoms with Gasteiger partial charge in [-0.2, -0.15) is 5.10 Å². The highest BCUT2D eigenvalue weighted by atomic mass is 16.5. The van der Waals surface area contributed by atoms with Gasteiger partial charge in [0.25, 0.3) is 5.91 Å². The van der Waals surface area contributed by atoms with Gasteiger partial charge in [0.2, 0.25) is 0 Å². The Hall–Kier alpha value is -1.69. The maximum Gasteiger partial charge on any atom is 0.254 e. The minimum Gasteiger partial charge on any atom is -0.383 e. The summed E-state index contributed by atoms with van der Waals surface area (Å²) in [6.07, 6.45) is 1.56. The van der Waals surface area contributed by atoms with Gasteiger partial charge in [0.05, 0.1) is 24.1 Å². The molecule has 102 valence electrons. The topological polar surface area (TPSA) is 84.1 Å². The molecule has 1 rings (SSSR count). The van der Waals surface area contributed by atoms with Gasteiger partial charge in [-0.25, -0.2) is 0 Å². The number of aromatic amines is 1. The number of aromatic nitrogens is 2. The summed E-state index contributed by atoms with van der Waals surface area (Å²) in [5.74, 6) is -0.115. The normalized spacial score (nSPS) is 10.4. The van der Waals surface area contributed by atoms with Crippen molar-refractivity contribution in [1.82, 2.24) is 15.5 Å². The summed E-state index contributed by atoms with van der Waals surface area (Å²) < 4.78 is 4.87. The maximum atomic E-state index is 11.8. The van der Waals surface area contributed by atoms with E-state index in [9.17, 15) is 4.79 Å². The highest BCUT2D eigenvalue weighted by Crippen LogP contribution is 2.23. The molecule has 0 aliphatic heterocycles. The summed E-state index contributed by atoms with van der Waals surface area (Å²) in [5.41, 5.74) is 1.33. The van der Waals surface area contributed by atoms with Gasteiger partial charge in [0.1, 0.15) is 6.79 Å². The van der Waals surface area contributed by atoms with Gasteiger partial charge in [0, 0.05) is 19.1 Å². The van der Waals surface area contributed by atoms with Crippen LogP contribution in [0.3, 0.4) is 0 Å². The molecule has 0 aliphatic carbocycles. The van der Waals surface area contributed by atoms with E-state index < -0.39 is 0 Å². The van der Waals surface area contributed by atoms with Crippen molar-refractivity contribution in [3.63, 3.8) is 0 Å². The number of carbonyl (C=O) groups excluding carboxylic acids is 2. The number of hydrogen-bond acceptors (Lipinski definition) is 4. The average molecular weight is 255 g/mol. The first-order valence-corrected chi connectivity index (χ1v) is 5.56. The predicted molar refractivity (Wildman–Crippen MR) is 68.6 cm³/mol. The van der Waals surface area contributed by atoms with Crippen LogP contribution in [0, 0.1) is 0 Å². The lowest BCUT2D eigenvalue weighted by molar-refractivity contribution is -0.0980. The number of rotatable bonds is 4. The monoisotopic (exact) mass is 255 g/mol. The lowest BCUT2D eigenvalue weighted by Crippen LogP contribution is -2.29. The van der Waals surface area contributed by atoms with E-state index >= 15 is 0 Å². The van der Waals surface area contributed by atoms with Crippen molar-refractivity contribution in [1.29, 1.82) is 0 Å². The Morgan fingerprint density at radius 2 is 2.11 bits per heavy atom. The van der Waals surface area contributed by atoms with Gasteiger partial charge in [-0.05, 0) is 0 Å². The van der Waals surface area contributed by atoms with E-state index in [1.165, 1.54) is 0 Å². The van der Waals surface area contributed by atoms with Crippen LogP contribution >= 0.6 is 0 Å². The van der Waals surface area contributed by atoms with Crippen LogP contribution in [0.2, 0.25) is 0 Å². The van der Waals surface area contributed by atoms with E-state index in [1.807, 2.05) is 27.6 Å². The summed E-state index contributed by atoms with van der Waals surface area (Å²) in [5, 5.41) is 9.57. The number of carbonyl (C=O) groups is 2. The van der Waals surface area contributed by atoms with E-state index in [2.05, 4.69) is 15.5 Å². The highest BCUT2D eigenvalue weighted by Gasteiger charge is 2.23. The van der Waals surface area contributed by atoms with Crippen molar-refractivity contribution in [3.8, 4) is 0 Å². The van der Waals surface area contributed by atoms with Gasteiger partial charge in [0.15, 0.2) is 0 Å². The molecule has 0 aliphatic rings. The van der Waals surface area contributed by atoms with Gasteiger partial charge in [-0.1, -0.05) is 20.8 Å². The molecule has 6 nitrogen and oxygen atoms in total. The highest BCUT2D eigenvalue weighted by molar-refractivity contribution is 5.95. The molecular formula is C12H21N3O3. The number of ether oxygens (including phenoxy) is 1. The van der Waals surface area contributed by atoms with Gasteiger partial charge >= 0.3 is 0 Å². The standard InChI is InChI=1S/C11H19N3O2.CH2O/c1-11(2,3)9-8(7-13-14-9)10(15)12-5-6-16-4;1-2/h7H,5-6H2,1-4H3,(H,12,15)(H,13,14);1H2. The first-order chi connectivity index (χ1) is 8.46. The average Bonchev–Trinajstić information content (AvgIpc) is 2.80. The number of methoxy groups -OCH3 is 1. The van der Waals surface area contributed by atoms with Crippen molar-refractivity contribution in [2.45, 2.75) is 26.2 Å². The molecule has 0 saturated heterocycles. The molecule has 0 aromatic carbocycles. The summed E-state index contributed by atoms with van der Waals surface area (Å²) >= 11 is 0. The molecule has 18 heavy (non-hydrogen) atoms. The van der Waals surface area contributed by atoms with Gasteiger partial charge in [-0.15, -0.1) is 0 Å². The zero-order valence-corrected chi connectivity index (χ0v) is 11.4. The van der Waals surface area contributed by atoms with Crippen molar-refractivity contribution in [2.24, 2.45) is 0 Å². The number of nitrogens with zero attached hydrogens (tertiary/aromatic N) is 1. The zero-order chi connectivity index (χ0) is 14.2. The Bertz CT molecular complexity index is 369. The second kappa shape index (κ2) is 7.60. The van der Waals surface area contributed by atoms with E-state index in [-0.39, 0.29) is 11.3 Å². The fourth-order valence-corrected chi connectivity index (χ4v) is 1.39. The number of H-pyrrole nitrogens is 1. The van der Waals surface area contributed by atoms with Crippen LogP contribution in [0.15, 0.2) is 6.20 Å². The first-order valence-electron chi connectivity index (χ1n) is 5.56. The largest absolute Gasteiger partial charge is 0.383 e. The van der Waals surface area contributed by atoms with Crippen molar-refractivity contribution < 1.29 is 14.3 Å². The molecule has 1 heterocycles.